The third-order valence-electron chi connectivity index (χ3n) is 5.41. The van der Waals surface area contributed by atoms with Gasteiger partial charge in [0.15, 0.2) is 0 Å². The van der Waals surface area contributed by atoms with E-state index in [2.05, 4.69) is 0 Å². The summed E-state index contributed by atoms with van der Waals surface area (Å²) in [6, 6.07) is 15.3. The second-order valence-electron chi connectivity index (χ2n) is 7.10. The van der Waals surface area contributed by atoms with Gasteiger partial charge < -0.3 is 14.6 Å². The molecule has 0 atom stereocenters. The van der Waals surface area contributed by atoms with Crippen molar-refractivity contribution in [2.45, 2.75) is 4.90 Å². The predicted octanol–water partition coefficient (Wildman–Crippen LogP) is 4.13. The third kappa shape index (κ3) is 3.41. The van der Waals surface area contributed by atoms with Crippen molar-refractivity contribution in [3.8, 4) is 22.6 Å². The maximum absolute atomic E-state index is 12.5. The van der Waals surface area contributed by atoms with Crippen LogP contribution in [0, 0.1) is 0 Å². The normalized spacial score (nSPS) is 11.6. The highest BCUT2D eigenvalue weighted by Crippen LogP contribution is 2.44. The zero-order valence-electron chi connectivity index (χ0n) is 17.4. The Balaban J connectivity index is 2.39. The lowest BCUT2D eigenvalue weighted by Gasteiger charge is -2.17. The van der Waals surface area contributed by atoms with Crippen LogP contribution in [0.4, 0.5) is 0 Å². The molecule has 4 rings (SSSR count). The number of halogens is 1. The van der Waals surface area contributed by atoms with E-state index >= 15 is 0 Å². The molecule has 164 valence electrons. The van der Waals surface area contributed by atoms with E-state index in [0.717, 1.165) is 0 Å². The standard InChI is InChI=1S/C23H18ClNO6S/c1-25-16-11-14(30-2)9-10-15(16)20(23(26)27)21-17(25)12-18(32(24,28)29)22(31-3)19(21)13-7-5-4-6-8-13/h4-12H,1-3H3/p+1. The van der Waals surface area contributed by atoms with E-state index in [0.29, 0.717) is 38.7 Å². The number of aromatic nitrogens is 1. The number of aromatic carboxylic acids is 1. The van der Waals surface area contributed by atoms with E-state index in [-0.39, 0.29) is 16.2 Å². The van der Waals surface area contributed by atoms with Gasteiger partial charge in [-0.25, -0.2) is 13.2 Å². The first-order valence-electron chi connectivity index (χ1n) is 9.46. The van der Waals surface area contributed by atoms with E-state index < -0.39 is 15.0 Å². The lowest BCUT2D eigenvalue weighted by Crippen LogP contribution is -2.32. The predicted molar refractivity (Wildman–Crippen MR) is 121 cm³/mol. The molecule has 0 spiro atoms. The molecule has 0 radical (unpaired) electrons. The van der Waals surface area contributed by atoms with Crippen LogP contribution in [-0.2, 0) is 16.1 Å². The second-order valence-corrected chi connectivity index (χ2v) is 9.64. The molecule has 1 heterocycles. The van der Waals surface area contributed by atoms with Crippen molar-refractivity contribution in [2.75, 3.05) is 14.2 Å². The first-order valence-corrected chi connectivity index (χ1v) is 11.8. The first-order chi connectivity index (χ1) is 15.2. The highest BCUT2D eigenvalue weighted by molar-refractivity contribution is 8.13. The highest BCUT2D eigenvalue weighted by Gasteiger charge is 2.32. The van der Waals surface area contributed by atoms with Crippen molar-refractivity contribution >= 4 is 47.5 Å². The van der Waals surface area contributed by atoms with E-state index in [1.807, 2.05) is 0 Å². The number of nitrogens with zero attached hydrogens (tertiary/aromatic N) is 1. The minimum Gasteiger partial charge on any atom is -0.497 e. The Morgan fingerprint density at radius 1 is 1.00 bits per heavy atom. The summed E-state index contributed by atoms with van der Waals surface area (Å²) < 4.78 is 37.5. The molecule has 1 N–H and O–H groups in total. The van der Waals surface area contributed by atoms with Gasteiger partial charge in [-0.1, -0.05) is 30.3 Å². The Labute approximate surface area is 188 Å². The summed E-state index contributed by atoms with van der Waals surface area (Å²) in [5.74, 6) is -0.647. The molecule has 4 aromatic rings. The number of hydrogen-bond acceptors (Lipinski definition) is 5. The maximum atomic E-state index is 12.5. The first kappa shape index (κ1) is 21.9. The molecule has 0 unspecified atom stereocenters. The summed E-state index contributed by atoms with van der Waals surface area (Å²) >= 11 is 0. The van der Waals surface area contributed by atoms with E-state index in [4.69, 9.17) is 20.2 Å². The lowest BCUT2D eigenvalue weighted by molar-refractivity contribution is -0.617. The average molecular weight is 473 g/mol. The van der Waals surface area contributed by atoms with Crippen molar-refractivity contribution in [3.05, 3.63) is 60.2 Å². The molecule has 0 amide bonds. The smallest absolute Gasteiger partial charge is 0.337 e. The molecule has 0 bridgehead atoms. The minimum atomic E-state index is -4.22. The second kappa shape index (κ2) is 7.96. The summed E-state index contributed by atoms with van der Waals surface area (Å²) in [4.78, 5) is 12.3. The van der Waals surface area contributed by atoms with Crippen LogP contribution >= 0.6 is 10.7 Å². The van der Waals surface area contributed by atoms with Crippen molar-refractivity contribution < 1.29 is 32.4 Å². The van der Waals surface area contributed by atoms with Crippen molar-refractivity contribution in [2.24, 2.45) is 7.05 Å². The van der Waals surface area contributed by atoms with Crippen molar-refractivity contribution in [1.82, 2.24) is 0 Å². The number of hydrogen-bond donors (Lipinski definition) is 1. The Morgan fingerprint density at radius 3 is 2.25 bits per heavy atom. The fraction of sp³-hybridized carbons (Fsp3) is 0.130. The van der Waals surface area contributed by atoms with Crippen LogP contribution in [-0.4, -0.2) is 33.7 Å². The van der Waals surface area contributed by atoms with Gasteiger partial charge in [0.25, 0.3) is 9.05 Å². The molecular formula is C23H19ClNO6S+. The summed E-state index contributed by atoms with van der Waals surface area (Å²) in [7, 11) is 6.11. The lowest BCUT2D eigenvalue weighted by atomic mass is 9.93. The molecular weight excluding hydrogens is 454 g/mol. The Hall–Kier alpha value is -3.36. The van der Waals surface area contributed by atoms with Gasteiger partial charge in [0.1, 0.15) is 23.4 Å². The zero-order chi connectivity index (χ0) is 23.2. The molecule has 3 aromatic carbocycles. The van der Waals surface area contributed by atoms with Gasteiger partial charge in [-0.15, -0.1) is 0 Å². The van der Waals surface area contributed by atoms with Crippen LogP contribution in [0.2, 0.25) is 0 Å². The molecule has 0 aliphatic carbocycles. The Bertz CT molecular complexity index is 1500. The van der Waals surface area contributed by atoms with E-state index in [1.54, 1.807) is 60.1 Å². The number of rotatable bonds is 5. The zero-order valence-corrected chi connectivity index (χ0v) is 19.0. The molecule has 32 heavy (non-hydrogen) atoms. The van der Waals surface area contributed by atoms with Gasteiger partial charge in [-0.2, -0.15) is 4.57 Å². The topological polar surface area (TPSA) is 93.8 Å². The number of pyridine rings is 1. The van der Waals surface area contributed by atoms with Crippen LogP contribution in [0.25, 0.3) is 32.9 Å². The van der Waals surface area contributed by atoms with Gasteiger partial charge in [0.05, 0.1) is 36.6 Å². The molecule has 0 saturated heterocycles. The maximum Gasteiger partial charge on any atom is 0.337 e. The van der Waals surface area contributed by atoms with Crippen LogP contribution in [0.3, 0.4) is 0 Å². The SMILES string of the molecule is COc1ccc2c(C(=O)O)c3c(-c4ccccc4)c(OC)c(S(=O)(=O)Cl)cc3[n+](C)c2c1. The summed E-state index contributed by atoms with van der Waals surface area (Å²) in [5.41, 5.74) is 1.85. The minimum absolute atomic E-state index is 0.0194. The summed E-state index contributed by atoms with van der Waals surface area (Å²) in [6.07, 6.45) is 0. The summed E-state index contributed by atoms with van der Waals surface area (Å²) in [6.45, 7) is 0. The fourth-order valence-electron chi connectivity index (χ4n) is 4.02. The molecule has 0 aliphatic rings. The monoisotopic (exact) mass is 472 g/mol. The van der Waals surface area contributed by atoms with Crippen LogP contribution in [0.15, 0.2) is 59.5 Å². The van der Waals surface area contributed by atoms with Gasteiger partial charge in [0, 0.05) is 22.3 Å². The van der Waals surface area contributed by atoms with Gasteiger partial charge in [-0.3, -0.25) is 0 Å². The average Bonchev–Trinajstić information content (AvgIpc) is 2.77. The number of carboxylic acid groups (broad SMARTS) is 1. The number of ether oxygens (including phenoxy) is 2. The highest BCUT2D eigenvalue weighted by atomic mass is 35.7. The largest absolute Gasteiger partial charge is 0.497 e. The third-order valence-corrected chi connectivity index (χ3v) is 6.74. The molecule has 0 fully saturated rings. The van der Waals surface area contributed by atoms with Crippen molar-refractivity contribution in [1.29, 1.82) is 0 Å². The quantitative estimate of drug-likeness (QED) is 0.267. The fourth-order valence-corrected chi connectivity index (χ4v) is 5.03. The Morgan fingerprint density at radius 2 is 1.69 bits per heavy atom. The van der Waals surface area contributed by atoms with Gasteiger partial charge in [-0.05, 0) is 17.7 Å². The van der Waals surface area contributed by atoms with Crippen LogP contribution in [0.1, 0.15) is 10.4 Å². The molecule has 0 aliphatic heterocycles. The van der Waals surface area contributed by atoms with E-state index in [1.165, 1.54) is 20.3 Å². The number of benzene rings is 3. The number of aryl methyl sites for hydroxylation is 1. The number of methoxy groups -OCH3 is 2. The van der Waals surface area contributed by atoms with Crippen LogP contribution in [0.5, 0.6) is 11.5 Å². The van der Waals surface area contributed by atoms with Crippen molar-refractivity contribution in [3.63, 3.8) is 0 Å². The van der Waals surface area contributed by atoms with Gasteiger partial charge in [0.2, 0.25) is 11.0 Å². The molecule has 0 saturated carbocycles. The summed E-state index contributed by atoms with van der Waals surface area (Å²) in [5, 5.41) is 11.0. The van der Waals surface area contributed by atoms with Crippen LogP contribution < -0.4 is 14.0 Å². The molecule has 1 aromatic heterocycles. The number of carbonyl (C=O) groups is 1. The van der Waals surface area contributed by atoms with E-state index in [9.17, 15) is 18.3 Å². The van der Waals surface area contributed by atoms with Gasteiger partial charge >= 0.3 is 5.97 Å². The number of carboxylic acids is 1. The Kier molecular flexibility index (Phi) is 5.44. The number of fused-ring (bicyclic) bond motifs is 2. The molecule has 7 nitrogen and oxygen atoms in total. The molecule has 9 heteroatoms.